The van der Waals surface area contributed by atoms with Crippen LogP contribution < -0.4 is 15.2 Å². The minimum atomic E-state index is -0.0546. The second-order valence-electron chi connectivity index (χ2n) is 7.17. The normalized spacial score (nSPS) is 16.6. The molecule has 1 aliphatic heterocycles. The number of likely N-dealkylation sites (tertiary alicyclic amines) is 1. The first-order chi connectivity index (χ1) is 14.1. The molecule has 0 aliphatic carbocycles. The van der Waals surface area contributed by atoms with Crippen LogP contribution in [0.15, 0.2) is 42.6 Å². The largest absolute Gasteiger partial charge is 0.493 e. The molecule has 150 valence electrons. The third-order valence-corrected chi connectivity index (χ3v) is 5.36. The number of nitrogens with two attached hydrogens (primary N) is 1. The average Bonchev–Trinajstić information content (AvgIpc) is 2.77. The molecule has 1 fully saturated rings. The van der Waals surface area contributed by atoms with Gasteiger partial charge in [-0.05, 0) is 37.1 Å². The van der Waals surface area contributed by atoms with E-state index in [1.807, 2.05) is 29.2 Å². The Kier molecular flexibility index (Phi) is 5.20. The van der Waals surface area contributed by atoms with Crippen molar-refractivity contribution in [3.05, 3.63) is 54.0 Å². The number of aromatic nitrogens is 2. The predicted molar refractivity (Wildman–Crippen MR) is 111 cm³/mol. The standard InChI is InChI=1S/C22H24N4O3/c1-28-19-11-15-10-16(23)21(25-18(15)12-20(19)29-2)14-6-5-9-26(13-14)22(27)17-7-3-4-8-24-17/h3-4,7-8,10-12,14H,5-6,9,13,23H2,1-2H3. The number of amides is 1. The molecule has 3 heterocycles. The summed E-state index contributed by atoms with van der Waals surface area (Å²) < 4.78 is 10.8. The molecule has 1 unspecified atom stereocenters. The summed E-state index contributed by atoms with van der Waals surface area (Å²) in [5.74, 6) is 1.28. The van der Waals surface area contributed by atoms with Crippen LogP contribution in [0, 0.1) is 0 Å². The maximum atomic E-state index is 12.8. The van der Waals surface area contributed by atoms with Crippen molar-refractivity contribution in [3.63, 3.8) is 0 Å². The van der Waals surface area contributed by atoms with Gasteiger partial charge in [0.2, 0.25) is 0 Å². The SMILES string of the molecule is COc1cc2cc(N)c(C3CCCN(C(=O)c4ccccn4)C3)nc2cc1OC. The number of rotatable bonds is 4. The second kappa shape index (κ2) is 7.95. The van der Waals surface area contributed by atoms with Crippen molar-refractivity contribution < 1.29 is 14.3 Å². The van der Waals surface area contributed by atoms with Crippen molar-refractivity contribution in [1.82, 2.24) is 14.9 Å². The van der Waals surface area contributed by atoms with Crippen molar-refractivity contribution >= 4 is 22.5 Å². The quantitative estimate of drug-likeness (QED) is 0.733. The van der Waals surface area contributed by atoms with E-state index in [0.29, 0.717) is 36.0 Å². The zero-order valence-electron chi connectivity index (χ0n) is 16.6. The lowest BCUT2D eigenvalue weighted by atomic mass is 9.92. The summed E-state index contributed by atoms with van der Waals surface area (Å²) >= 11 is 0. The van der Waals surface area contributed by atoms with Crippen molar-refractivity contribution in [3.8, 4) is 11.5 Å². The summed E-state index contributed by atoms with van der Waals surface area (Å²) in [5.41, 5.74) is 9.07. The first-order valence-corrected chi connectivity index (χ1v) is 9.63. The van der Waals surface area contributed by atoms with Crippen LogP contribution in [-0.4, -0.2) is 48.1 Å². The summed E-state index contributed by atoms with van der Waals surface area (Å²) in [6.45, 7) is 1.29. The summed E-state index contributed by atoms with van der Waals surface area (Å²) in [5, 5.41) is 0.890. The van der Waals surface area contributed by atoms with Crippen molar-refractivity contribution in [2.24, 2.45) is 0 Å². The molecule has 1 amide bonds. The Balaban J connectivity index is 1.64. The molecule has 1 atom stereocenters. The molecule has 0 spiro atoms. The van der Waals surface area contributed by atoms with Crippen LogP contribution in [0.1, 0.15) is 34.9 Å². The molecular weight excluding hydrogens is 368 g/mol. The molecule has 7 nitrogen and oxygen atoms in total. The summed E-state index contributed by atoms with van der Waals surface area (Å²) in [7, 11) is 3.20. The van der Waals surface area contributed by atoms with E-state index in [2.05, 4.69) is 4.98 Å². The molecule has 4 rings (SSSR count). The van der Waals surface area contributed by atoms with Gasteiger partial charge in [0, 0.05) is 36.7 Å². The van der Waals surface area contributed by atoms with Gasteiger partial charge in [0.25, 0.3) is 5.91 Å². The minimum absolute atomic E-state index is 0.0546. The number of benzene rings is 1. The van der Waals surface area contributed by atoms with E-state index >= 15 is 0 Å². The van der Waals surface area contributed by atoms with E-state index in [9.17, 15) is 4.79 Å². The first kappa shape index (κ1) is 19.0. The van der Waals surface area contributed by atoms with Crippen LogP contribution in [0.3, 0.4) is 0 Å². The molecule has 7 heteroatoms. The molecule has 0 radical (unpaired) electrons. The smallest absolute Gasteiger partial charge is 0.272 e. The van der Waals surface area contributed by atoms with Crippen LogP contribution in [0.4, 0.5) is 5.69 Å². The summed E-state index contributed by atoms with van der Waals surface area (Å²) in [6, 6.07) is 11.0. The van der Waals surface area contributed by atoms with Gasteiger partial charge < -0.3 is 20.1 Å². The van der Waals surface area contributed by atoms with E-state index in [4.69, 9.17) is 20.2 Å². The fourth-order valence-corrected chi connectivity index (χ4v) is 3.90. The van der Waals surface area contributed by atoms with Gasteiger partial charge in [-0.3, -0.25) is 14.8 Å². The van der Waals surface area contributed by atoms with E-state index in [0.717, 1.165) is 29.4 Å². The number of methoxy groups -OCH3 is 2. The molecule has 2 N–H and O–H groups in total. The Morgan fingerprint density at radius 1 is 1.17 bits per heavy atom. The average molecular weight is 392 g/mol. The van der Waals surface area contributed by atoms with Gasteiger partial charge in [0.1, 0.15) is 5.69 Å². The molecule has 0 bridgehead atoms. The minimum Gasteiger partial charge on any atom is -0.493 e. The number of carbonyl (C=O) groups is 1. The van der Waals surface area contributed by atoms with Crippen molar-refractivity contribution in [1.29, 1.82) is 0 Å². The van der Waals surface area contributed by atoms with Crippen molar-refractivity contribution in [2.75, 3.05) is 33.0 Å². The van der Waals surface area contributed by atoms with Crippen LogP contribution in [0.2, 0.25) is 0 Å². The third-order valence-electron chi connectivity index (χ3n) is 5.36. The highest BCUT2D eigenvalue weighted by Gasteiger charge is 2.28. The van der Waals surface area contributed by atoms with Gasteiger partial charge in [-0.1, -0.05) is 6.07 Å². The number of hydrogen-bond donors (Lipinski definition) is 1. The number of carbonyl (C=O) groups excluding carboxylic acids is 1. The number of nitrogen functional groups attached to an aromatic ring is 1. The molecular formula is C22H24N4O3. The van der Waals surface area contributed by atoms with Gasteiger partial charge >= 0.3 is 0 Å². The second-order valence-corrected chi connectivity index (χ2v) is 7.17. The van der Waals surface area contributed by atoms with Gasteiger partial charge in [-0.15, -0.1) is 0 Å². The van der Waals surface area contributed by atoms with Gasteiger partial charge in [-0.25, -0.2) is 0 Å². The molecule has 1 aliphatic rings. The Bertz CT molecular complexity index is 1040. The zero-order valence-corrected chi connectivity index (χ0v) is 16.6. The van der Waals surface area contributed by atoms with Gasteiger partial charge in [-0.2, -0.15) is 0 Å². The van der Waals surface area contributed by atoms with Crippen molar-refractivity contribution in [2.45, 2.75) is 18.8 Å². The lowest BCUT2D eigenvalue weighted by Gasteiger charge is -2.33. The van der Waals surface area contributed by atoms with E-state index < -0.39 is 0 Å². The number of anilines is 1. The monoisotopic (exact) mass is 392 g/mol. The number of fused-ring (bicyclic) bond motifs is 1. The van der Waals surface area contributed by atoms with E-state index in [1.54, 1.807) is 32.5 Å². The lowest BCUT2D eigenvalue weighted by Crippen LogP contribution is -2.39. The number of piperidine rings is 1. The number of nitrogens with zero attached hydrogens (tertiary/aromatic N) is 3. The molecule has 1 aromatic carbocycles. The van der Waals surface area contributed by atoms with Gasteiger partial charge in [0.15, 0.2) is 11.5 Å². The predicted octanol–water partition coefficient (Wildman–Crippen LogP) is 3.25. The summed E-state index contributed by atoms with van der Waals surface area (Å²) in [6.07, 6.45) is 3.47. The maximum absolute atomic E-state index is 12.8. The topological polar surface area (TPSA) is 90.6 Å². The number of ether oxygens (including phenoxy) is 2. The highest BCUT2D eigenvalue weighted by Crippen LogP contribution is 2.36. The van der Waals surface area contributed by atoms with Crippen LogP contribution in [-0.2, 0) is 0 Å². The molecule has 1 saturated heterocycles. The van der Waals surface area contributed by atoms with E-state index in [-0.39, 0.29) is 11.8 Å². The zero-order chi connectivity index (χ0) is 20.4. The Hall–Kier alpha value is -3.35. The third kappa shape index (κ3) is 3.68. The lowest BCUT2D eigenvalue weighted by molar-refractivity contribution is 0.0700. The Labute approximate surface area is 169 Å². The van der Waals surface area contributed by atoms with E-state index in [1.165, 1.54) is 0 Å². The summed E-state index contributed by atoms with van der Waals surface area (Å²) in [4.78, 5) is 23.7. The molecule has 2 aromatic heterocycles. The molecule has 29 heavy (non-hydrogen) atoms. The van der Waals surface area contributed by atoms with Crippen LogP contribution >= 0.6 is 0 Å². The Morgan fingerprint density at radius 2 is 1.97 bits per heavy atom. The van der Waals surface area contributed by atoms with Crippen LogP contribution in [0.25, 0.3) is 10.9 Å². The number of hydrogen-bond acceptors (Lipinski definition) is 6. The first-order valence-electron chi connectivity index (χ1n) is 9.63. The molecule has 0 saturated carbocycles. The van der Waals surface area contributed by atoms with Crippen LogP contribution in [0.5, 0.6) is 11.5 Å². The van der Waals surface area contributed by atoms with Gasteiger partial charge in [0.05, 0.1) is 31.1 Å². The fraction of sp³-hybridized carbons (Fsp3) is 0.318. The highest BCUT2D eigenvalue weighted by atomic mass is 16.5. The number of pyridine rings is 2. The maximum Gasteiger partial charge on any atom is 0.272 e. The molecule has 3 aromatic rings. The highest BCUT2D eigenvalue weighted by molar-refractivity contribution is 5.92. The Morgan fingerprint density at radius 3 is 2.69 bits per heavy atom. The fourth-order valence-electron chi connectivity index (χ4n) is 3.90.